The largest absolute Gasteiger partial charge is 0.370 e. The number of aryl methyl sites for hydroxylation is 1. The summed E-state index contributed by atoms with van der Waals surface area (Å²) in [4.78, 5) is 49.5. The molecule has 214 valence electrons. The molecule has 3 unspecified atom stereocenters. The molecule has 4 heterocycles. The maximum absolute atomic E-state index is 13.6. The molecule has 0 spiro atoms. The van der Waals surface area contributed by atoms with Crippen molar-refractivity contribution in [2.24, 2.45) is 11.7 Å². The molecule has 3 saturated heterocycles. The van der Waals surface area contributed by atoms with E-state index < -0.39 is 6.04 Å². The minimum absolute atomic E-state index is 0.0136. The third-order valence-electron chi connectivity index (χ3n) is 8.40. The number of piperazine rings is 1. The molecule has 0 saturated carbocycles. The Kier molecular flexibility index (Phi) is 8.98. The number of nitrogens with one attached hydrogen (secondary N) is 2. The van der Waals surface area contributed by atoms with Gasteiger partial charge in [-0.1, -0.05) is 30.3 Å². The second-order valence-corrected chi connectivity index (χ2v) is 12.2. The highest BCUT2D eigenvalue weighted by Crippen LogP contribution is 2.30. The summed E-state index contributed by atoms with van der Waals surface area (Å²) in [5, 5.41) is 14.0. The molecule has 1 aromatic heterocycles. The lowest BCUT2D eigenvalue weighted by Gasteiger charge is -2.40. The average Bonchev–Trinajstić information content (AvgIpc) is 3.63. The van der Waals surface area contributed by atoms with Crippen molar-refractivity contribution >= 4 is 35.0 Å². The topological polar surface area (TPSA) is 136 Å². The molecular formula is C29H39N7O3S. The first-order valence-corrected chi connectivity index (χ1v) is 15.2. The molecule has 10 nitrogen and oxygen atoms in total. The zero-order valence-electron chi connectivity index (χ0n) is 22.8. The normalized spacial score (nSPS) is 23.6. The Bertz CT molecular complexity index is 1190. The number of nitrogens with zero attached hydrogens (tertiary/aromatic N) is 4. The van der Waals surface area contributed by atoms with Gasteiger partial charge in [-0.2, -0.15) is 0 Å². The third kappa shape index (κ3) is 6.80. The number of fused-ring (bicyclic) bond motifs is 1. The van der Waals surface area contributed by atoms with Crippen molar-refractivity contribution in [2.75, 3.05) is 26.2 Å². The first-order valence-electron chi connectivity index (χ1n) is 14.3. The van der Waals surface area contributed by atoms with E-state index in [4.69, 9.17) is 11.1 Å². The van der Waals surface area contributed by atoms with Gasteiger partial charge in [0.2, 0.25) is 17.7 Å². The third-order valence-corrected chi connectivity index (χ3v) is 9.20. The number of carbonyl (C=O) groups excluding carboxylic acids is 3. The van der Waals surface area contributed by atoms with Crippen molar-refractivity contribution < 1.29 is 14.4 Å². The quantitative estimate of drug-likeness (QED) is 0.314. The predicted molar refractivity (Wildman–Crippen MR) is 154 cm³/mol. The number of rotatable bonds is 9. The van der Waals surface area contributed by atoms with Gasteiger partial charge < -0.3 is 25.8 Å². The smallest absolute Gasteiger partial charge is 0.243 e. The van der Waals surface area contributed by atoms with Gasteiger partial charge in [0.1, 0.15) is 6.04 Å². The predicted octanol–water partition coefficient (Wildman–Crippen LogP) is 2.00. The Labute approximate surface area is 239 Å². The molecule has 3 fully saturated rings. The van der Waals surface area contributed by atoms with Crippen LogP contribution < -0.4 is 11.1 Å². The van der Waals surface area contributed by atoms with Gasteiger partial charge >= 0.3 is 0 Å². The fourth-order valence-electron chi connectivity index (χ4n) is 6.44. The van der Waals surface area contributed by atoms with Gasteiger partial charge in [0, 0.05) is 50.1 Å². The molecule has 0 bridgehead atoms. The van der Waals surface area contributed by atoms with Crippen LogP contribution in [0.15, 0.2) is 41.9 Å². The number of aromatic nitrogens is 1. The summed E-state index contributed by atoms with van der Waals surface area (Å²) in [7, 11) is 0. The van der Waals surface area contributed by atoms with E-state index in [9.17, 15) is 14.4 Å². The van der Waals surface area contributed by atoms with Crippen LogP contribution in [0.25, 0.3) is 0 Å². The second-order valence-electron chi connectivity index (χ2n) is 11.2. The van der Waals surface area contributed by atoms with Crippen molar-refractivity contribution in [1.82, 2.24) is 25.0 Å². The maximum Gasteiger partial charge on any atom is 0.243 e. The van der Waals surface area contributed by atoms with Gasteiger partial charge in [-0.15, -0.1) is 11.3 Å². The molecule has 5 rings (SSSR count). The highest BCUT2D eigenvalue weighted by molar-refractivity contribution is 7.09. The van der Waals surface area contributed by atoms with Crippen LogP contribution in [-0.2, 0) is 27.2 Å². The van der Waals surface area contributed by atoms with E-state index >= 15 is 0 Å². The molecule has 3 amide bonds. The second kappa shape index (κ2) is 12.8. The lowest BCUT2D eigenvalue weighted by Crippen LogP contribution is -2.60. The summed E-state index contributed by atoms with van der Waals surface area (Å²) in [5.74, 6) is 0.119. The Balaban J connectivity index is 1.19. The van der Waals surface area contributed by atoms with E-state index in [0.717, 1.165) is 36.4 Å². The van der Waals surface area contributed by atoms with Crippen LogP contribution >= 0.6 is 11.3 Å². The lowest BCUT2D eigenvalue weighted by molar-refractivity contribution is -0.151. The number of carbonyl (C=O) groups is 3. The molecular weight excluding hydrogens is 526 g/mol. The van der Waals surface area contributed by atoms with Gasteiger partial charge in [0.25, 0.3) is 0 Å². The van der Waals surface area contributed by atoms with Crippen molar-refractivity contribution in [3.8, 4) is 0 Å². The highest BCUT2D eigenvalue weighted by atomic mass is 32.1. The Morgan fingerprint density at radius 3 is 2.73 bits per heavy atom. The van der Waals surface area contributed by atoms with Crippen LogP contribution in [-0.4, -0.2) is 87.7 Å². The average molecular weight is 566 g/mol. The number of amides is 3. The van der Waals surface area contributed by atoms with Gasteiger partial charge in [-0.25, -0.2) is 4.98 Å². The molecule has 4 N–H and O–H groups in total. The fraction of sp³-hybridized carbons (Fsp3) is 0.552. The van der Waals surface area contributed by atoms with E-state index in [1.165, 1.54) is 0 Å². The Morgan fingerprint density at radius 1 is 1.15 bits per heavy atom. The standard InChI is InChI=1S/C29H39N7O3S/c30-29(31)34-13-4-7-21(17-34)15-22(16-25-32-12-14-40-25)33-28(39)24-10-9-23-18-35(19-27(38)36(23)24)26(37)11-8-20-5-2-1-3-6-20/h1-3,5-6,12,14,21-24H,4,7-11,13,15-19H2,(H3,30,31)(H,33,39)/t21?,22?,23-,24?/m0/s1. The Morgan fingerprint density at radius 2 is 1.98 bits per heavy atom. The summed E-state index contributed by atoms with van der Waals surface area (Å²) in [6, 6.07) is 9.13. The number of thiazole rings is 1. The van der Waals surface area contributed by atoms with Crippen LogP contribution in [0.1, 0.15) is 49.1 Å². The van der Waals surface area contributed by atoms with E-state index in [2.05, 4.69) is 10.3 Å². The number of hydrogen-bond acceptors (Lipinski definition) is 6. The van der Waals surface area contributed by atoms with Gasteiger partial charge in [0.05, 0.1) is 17.6 Å². The summed E-state index contributed by atoms with van der Waals surface area (Å²) >= 11 is 1.57. The number of piperidine rings is 1. The van der Waals surface area contributed by atoms with E-state index in [0.29, 0.717) is 51.1 Å². The summed E-state index contributed by atoms with van der Waals surface area (Å²) in [6.45, 7) is 2.01. The number of benzene rings is 1. The molecule has 2 aromatic rings. The van der Waals surface area contributed by atoms with Crippen molar-refractivity contribution in [2.45, 2.75) is 69.5 Å². The number of nitrogens with two attached hydrogens (primary N) is 1. The summed E-state index contributed by atoms with van der Waals surface area (Å²) in [6.07, 6.45) is 7.49. The van der Waals surface area contributed by atoms with Crippen LogP contribution in [0.5, 0.6) is 0 Å². The zero-order chi connectivity index (χ0) is 28.1. The van der Waals surface area contributed by atoms with Crippen LogP contribution in [0.2, 0.25) is 0 Å². The molecule has 0 aliphatic carbocycles. The highest BCUT2D eigenvalue weighted by Gasteiger charge is 2.45. The summed E-state index contributed by atoms with van der Waals surface area (Å²) in [5.41, 5.74) is 6.85. The minimum atomic E-state index is -0.516. The molecule has 40 heavy (non-hydrogen) atoms. The van der Waals surface area contributed by atoms with Crippen LogP contribution in [0.4, 0.5) is 0 Å². The van der Waals surface area contributed by atoms with Crippen molar-refractivity contribution in [3.05, 3.63) is 52.5 Å². The number of likely N-dealkylation sites (tertiary alicyclic amines) is 1. The minimum Gasteiger partial charge on any atom is -0.370 e. The van der Waals surface area contributed by atoms with E-state index in [1.807, 2.05) is 40.6 Å². The van der Waals surface area contributed by atoms with Gasteiger partial charge in [-0.3, -0.25) is 19.8 Å². The van der Waals surface area contributed by atoms with Crippen LogP contribution in [0, 0.1) is 11.3 Å². The lowest BCUT2D eigenvalue weighted by atomic mass is 9.90. The molecule has 3 aliphatic rings. The fourth-order valence-corrected chi connectivity index (χ4v) is 7.14. The van der Waals surface area contributed by atoms with Gasteiger partial charge in [-0.05, 0) is 50.0 Å². The first-order chi connectivity index (χ1) is 19.4. The van der Waals surface area contributed by atoms with E-state index in [1.54, 1.807) is 27.3 Å². The molecule has 0 radical (unpaired) electrons. The van der Waals surface area contributed by atoms with Crippen molar-refractivity contribution in [3.63, 3.8) is 0 Å². The molecule has 1 aromatic carbocycles. The maximum atomic E-state index is 13.6. The summed E-state index contributed by atoms with van der Waals surface area (Å²) < 4.78 is 0. The number of hydrogen-bond donors (Lipinski definition) is 3. The monoisotopic (exact) mass is 565 g/mol. The van der Waals surface area contributed by atoms with Crippen LogP contribution in [0.3, 0.4) is 0 Å². The van der Waals surface area contributed by atoms with Crippen molar-refractivity contribution in [1.29, 1.82) is 5.41 Å². The van der Waals surface area contributed by atoms with Gasteiger partial charge in [0.15, 0.2) is 5.96 Å². The number of guanidine groups is 1. The molecule has 11 heteroatoms. The SMILES string of the molecule is N=C(N)N1CCCC(CC(Cc2nccs2)NC(=O)C2CC[C@H]3CN(C(=O)CCc4ccccc4)CC(=O)N23)C1. The zero-order valence-corrected chi connectivity index (χ0v) is 23.7. The Hall–Kier alpha value is -3.47. The first kappa shape index (κ1) is 28.1. The molecule has 4 atom stereocenters. The van der Waals surface area contributed by atoms with E-state index in [-0.39, 0.29) is 42.3 Å². The molecule has 3 aliphatic heterocycles.